The molecule has 0 aliphatic heterocycles. The molecule has 0 bridgehead atoms. The molecule has 1 aromatic rings. The first kappa shape index (κ1) is 13.8. The van der Waals surface area contributed by atoms with Gasteiger partial charge in [-0.2, -0.15) is 0 Å². The van der Waals surface area contributed by atoms with E-state index in [1.807, 2.05) is 19.9 Å². The second-order valence-electron chi connectivity index (χ2n) is 4.18. The van der Waals surface area contributed by atoms with Crippen molar-refractivity contribution in [2.75, 3.05) is 6.54 Å². The maximum absolute atomic E-state index is 11.6. The number of hydrogen-bond donors (Lipinski definition) is 2. The summed E-state index contributed by atoms with van der Waals surface area (Å²) in [6.45, 7) is 8.48. The van der Waals surface area contributed by atoms with Crippen LogP contribution in [0, 0.1) is 0 Å². The van der Waals surface area contributed by atoms with Crippen LogP contribution in [0.5, 0.6) is 0 Å². The van der Waals surface area contributed by atoms with Crippen molar-refractivity contribution in [1.29, 1.82) is 0 Å². The van der Waals surface area contributed by atoms with Crippen molar-refractivity contribution in [2.24, 2.45) is 0 Å². The Bertz CT molecular complexity index is 346. The van der Waals surface area contributed by atoms with Gasteiger partial charge in [0.05, 0.1) is 6.04 Å². The van der Waals surface area contributed by atoms with E-state index in [4.69, 9.17) is 0 Å². The number of rotatable bonds is 7. The minimum atomic E-state index is -0.151. The van der Waals surface area contributed by atoms with Crippen molar-refractivity contribution >= 4 is 5.91 Å². The lowest BCUT2D eigenvalue weighted by Gasteiger charge is -2.14. The summed E-state index contributed by atoms with van der Waals surface area (Å²) in [6.07, 6.45) is 3.02. The second kappa shape index (κ2) is 7.12. The van der Waals surface area contributed by atoms with Crippen LogP contribution in [0.1, 0.15) is 32.9 Å². The van der Waals surface area contributed by atoms with Crippen LogP contribution >= 0.6 is 0 Å². The Hall–Kier alpha value is -1.29. The van der Waals surface area contributed by atoms with Crippen LogP contribution < -0.4 is 10.6 Å². The van der Waals surface area contributed by atoms with E-state index in [9.17, 15) is 4.79 Å². The molecule has 17 heavy (non-hydrogen) atoms. The fraction of sp³-hybridized carbons (Fsp3) is 0.615. The van der Waals surface area contributed by atoms with Crippen molar-refractivity contribution in [2.45, 2.75) is 46.3 Å². The van der Waals surface area contributed by atoms with E-state index in [0.29, 0.717) is 0 Å². The fourth-order valence-corrected chi connectivity index (χ4v) is 1.67. The molecule has 1 unspecified atom stereocenters. The van der Waals surface area contributed by atoms with Crippen LogP contribution in [0.2, 0.25) is 0 Å². The lowest BCUT2D eigenvalue weighted by Crippen LogP contribution is -2.42. The smallest absolute Gasteiger partial charge is 0.236 e. The molecule has 2 N–H and O–H groups in total. The van der Waals surface area contributed by atoms with Crippen molar-refractivity contribution in [3.63, 3.8) is 0 Å². The molecule has 4 nitrogen and oxygen atoms in total. The molecular weight excluding hydrogens is 214 g/mol. The highest BCUT2D eigenvalue weighted by Crippen LogP contribution is 2.02. The van der Waals surface area contributed by atoms with Gasteiger partial charge >= 0.3 is 0 Å². The highest BCUT2D eigenvalue weighted by atomic mass is 16.2. The average molecular weight is 237 g/mol. The van der Waals surface area contributed by atoms with Gasteiger partial charge in [-0.3, -0.25) is 4.79 Å². The third kappa shape index (κ3) is 4.23. The number of nitrogens with zero attached hydrogens (tertiary/aromatic N) is 1. The zero-order valence-corrected chi connectivity index (χ0v) is 11.0. The quantitative estimate of drug-likeness (QED) is 0.755. The van der Waals surface area contributed by atoms with E-state index >= 15 is 0 Å². The summed E-state index contributed by atoms with van der Waals surface area (Å²) in [5.41, 5.74) is 1.21. The highest BCUT2D eigenvalue weighted by molar-refractivity contribution is 5.81. The highest BCUT2D eigenvalue weighted by Gasteiger charge is 2.11. The molecular formula is C13H23N3O. The fourth-order valence-electron chi connectivity index (χ4n) is 1.67. The standard InChI is InChI=1S/C13H23N3O/c1-4-8-14-13(17)11(3)15-10-12-7-6-9-16(12)5-2/h6-7,9,11,15H,4-5,8,10H2,1-3H3,(H,14,17). The molecule has 1 aromatic heterocycles. The van der Waals surface area contributed by atoms with E-state index in [2.05, 4.69) is 34.4 Å². The molecule has 0 aliphatic carbocycles. The van der Waals surface area contributed by atoms with E-state index in [-0.39, 0.29) is 11.9 Å². The molecule has 96 valence electrons. The number of aryl methyl sites for hydroxylation is 1. The van der Waals surface area contributed by atoms with Crippen LogP contribution in [-0.2, 0) is 17.9 Å². The Balaban J connectivity index is 2.37. The maximum atomic E-state index is 11.6. The van der Waals surface area contributed by atoms with Crippen LogP contribution in [-0.4, -0.2) is 23.1 Å². The zero-order chi connectivity index (χ0) is 12.7. The van der Waals surface area contributed by atoms with Crippen LogP contribution in [0.15, 0.2) is 18.3 Å². The van der Waals surface area contributed by atoms with Gasteiger partial charge in [0.15, 0.2) is 0 Å². The first-order valence-corrected chi connectivity index (χ1v) is 6.34. The summed E-state index contributed by atoms with van der Waals surface area (Å²) >= 11 is 0. The van der Waals surface area contributed by atoms with Crippen LogP contribution in [0.25, 0.3) is 0 Å². The van der Waals surface area contributed by atoms with Gasteiger partial charge in [-0.25, -0.2) is 0 Å². The van der Waals surface area contributed by atoms with E-state index in [1.54, 1.807) is 0 Å². The Labute approximate surface area is 103 Å². The predicted octanol–water partition coefficient (Wildman–Crippen LogP) is 1.51. The summed E-state index contributed by atoms with van der Waals surface area (Å²) in [6, 6.07) is 3.96. The van der Waals surface area contributed by atoms with Crippen molar-refractivity contribution in [3.8, 4) is 0 Å². The number of hydrogen-bond acceptors (Lipinski definition) is 2. The molecule has 1 heterocycles. The first-order chi connectivity index (χ1) is 8.19. The molecule has 0 saturated carbocycles. The summed E-state index contributed by atoms with van der Waals surface area (Å²) in [5.74, 6) is 0.0708. The van der Waals surface area contributed by atoms with Crippen molar-refractivity contribution in [1.82, 2.24) is 15.2 Å². The second-order valence-corrected chi connectivity index (χ2v) is 4.18. The van der Waals surface area contributed by atoms with Gasteiger partial charge in [0.25, 0.3) is 0 Å². The lowest BCUT2D eigenvalue weighted by atomic mass is 10.3. The Morgan fingerprint density at radius 2 is 2.24 bits per heavy atom. The third-order valence-corrected chi connectivity index (χ3v) is 2.80. The SMILES string of the molecule is CCCNC(=O)C(C)NCc1cccn1CC. The summed E-state index contributed by atoms with van der Waals surface area (Å²) in [4.78, 5) is 11.6. The van der Waals surface area contributed by atoms with Crippen molar-refractivity contribution < 1.29 is 4.79 Å². The largest absolute Gasteiger partial charge is 0.355 e. The monoisotopic (exact) mass is 237 g/mol. The summed E-state index contributed by atoms with van der Waals surface area (Å²) in [5, 5.41) is 6.12. The van der Waals surface area contributed by atoms with Gasteiger partial charge in [-0.1, -0.05) is 6.92 Å². The maximum Gasteiger partial charge on any atom is 0.236 e. The molecule has 1 atom stereocenters. The Kier molecular flexibility index (Phi) is 5.77. The molecule has 1 rings (SSSR count). The molecule has 0 aliphatic rings. The molecule has 4 heteroatoms. The van der Waals surface area contributed by atoms with Gasteiger partial charge in [0.2, 0.25) is 5.91 Å². The molecule has 0 radical (unpaired) electrons. The van der Waals surface area contributed by atoms with Crippen LogP contribution in [0.4, 0.5) is 0 Å². The van der Waals surface area contributed by atoms with E-state index in [0.717, 1.165) is 26.1 Å². The van der Waals surface area contributed by atoms with Gasteiger partial charge in [-0.05, 0) is 32.4 Å². The van der Waals surface area contributed by atoms with Gasteiger partial charge in [0.1, 0.15) is 0 Å². The number of amides is 1. The molecule has 0 aromatic carbocycles. The predicted molar refractivity (Wildman–Crippen MR) is 69.7 cm³/mol. The number of carbonyl (C=O) groups is 1. The lowest BCUT2D eigenvalue weighted by molar-refractivity contribution is -0.122. The van der Waals surface area contributed by atoms with Crippen molar-refractivity contribution in [3.05, 3.63) is 24.0 Å². The number of nitrogens with one attached hydrogen (secondary N) is 2. The third-order valence-electron chi connectivity index (χ3n) is 2.80. The Morgan fingerprint density at radius 3 is 2.88 bits per heavy atom. The molecule has 0 fully saturated rings. The van der Waals surface area contributed by atoms with E-state index in [1.165, 1.54) is 5.69 Å². The number of aromatic nitrogens is 1. The van der Waals surface area contributed by atoms with Gasteiger partial charge in [0, 0.05) is 31.5 Å². The molecule has 1 amide bonds. The topological polar surface area (TPSA) is 46.1 Å². The summed E-state index contributed by atoms with van der Waals surface area (Å²) < 4.78 is 2.17. The minimum Gasteiger partial charge on any atom is -0.355 e. The molecule has 0 spiro atoms. The van der Waals surface area contributed by atoms with Gasteiger partial charge < -0.3 is 15.2 Å². The zero-order valence-electron chi connectivity index (χ0n) is 11.0. The van der Waals surface area contributed by atoms with Gasteiger partial charge in [-0.15, -0.1) is 0 Å². The van der Waals surface area contributed by atoms with Crippen LogP contribution in [0.3, 0.4) is 0 Å². The normalized spacial score (nSPS) is 12.4. The average Bonchev–Trinajstić information content (AvgIpc) is 2.80. The first-order valence-electron chi connectivity index (χ1n) is 6.34. The molecule has 0 saturated heterocycles. The summed E-state index contributed by atoms with van der Waals surface area (Å²) in [7, 11) is 0. The van der Waals surface area contributed by atoms with E-state index < -0.39 is 0 Å². The minimum absolute atomic E-state index is 0.0708. The Morgan fingerprint density at radius 1 is 1.47 bits per heavy atom. The number of carbonyl (C=O) groups excluding carboxylic acids is 1.